The van der Waals surface area contributed by atoms with Crippen molar-refractivity contribution in [3.8, 4) is 5.69 Å². The quantitative estimate of drug-likeness (QED) is 0.383. The van der Waals surface area contributed by atoms with E-state index in [9.17, 15) is 4.79 Å². The van der Waals surface area contributed by atoms with Crippen LogP contribution in [0.3, 0.4) is 0 Å². The highest BCUT2D eigenvalue weighted by atomic mass is 16.1. The Bertz CT molecular complexity index is 1120. The molecule has 1 fully saturated rings. The van der Waals surface area contributed by atoms with Crippen molar-refractivity contribution in [3.05, 3.63) is 41.7 Å². The Kier molecular flexibility index (Phi) is 8.50. The van der Waals surface area contributed by atoms with E-state index < -0.39 is 0 Å². The van der Waals surface area contributed by atoms with Gasteiger partial charge in [-0.05, 0) is 71.3 Å². The van der Waals surface area contributed by atoms with Crippen LogP contribution in [-0.2, 0) is 4.79 Å². The number of Topliss-reactive ketones (excluding diaryl/α,β-unsaturated/α-hetero) is 1. The van der Waals surface area contributed by atoms with Crippen LogP contribution in [-0.4, -0.2) is 63.4 Å². The van der Waals surface area contributed by atoms with Crippen molar-refractivity contribution in [2.24, 2.45) is 5.92 Å². The fourth-order valence-electron chi connectivity index (χ4n) is 5.25. The number of benzene rings is 1. The molecule has 35 heavy (non-hydrogen) atoms. The average Bonchev–Trinajstić information content (AvgIpc) is 3.24. The number of rotatable bonds is 11. The first-order chi connectivity index (χ1) is 17.0. The van der Waals surface area contributed by atoms with Gasteiger partial charge in [0, 0.05) is 25.4 Å². The number of carbonyl (C=O) groups is 1. The third kappa shape index (κ3) is 5.72. The second kappa shape index (κ2) is 11.8. The summed E-state index contributed by atoms with van der Waals surface area (Å²) in [5.41, 5.74) is 3.90. The topological polar surface area (TPSA) is 67.2 Å². The van der Waals surface area contributed by atoms with Gasteiger partial charge in [-0.25, -0.2) is 4.68 Å². The van der Waals surface area contributed by atoms with Gasteiger partial charge in [0.2, 0.25) is 0 Å². The molecular formula is C28H40N6O. The smallest absolute Gasteiger partial charge is 0.179 e. The Morgan fingerprint density at radius 2 is 1.74 bits per heavy atom. The van der Waals surface area contributed by atoms with Gasteiger partial charge in [0.15, 0.2) is 5.82 Å². The first-order valence-corrected chi connectivity index (χ1v) is 13.3. The number of para-hydroxylation sites is 1. The molecule has 0 amide bonds. The number of aryl methyl sites for hydroxylation is 2. The summed E-state index contributed by atoms with van der Waals surface area (Å²) in [4.78, 5) is 17.6. The van der Waals surface area contributed by atoms with E-state index in [4.69, 9.17) is 5.10 Å². The van der Waals surface area contributed by atoms with E-state index >= 15 is 0 Å². The second-order valence-corrected chi connectivity index (χ2v) is 9.78. The van der Waals surface area contributed by atoms with E-state index in [-0.39, 0.29) is 5.92 Å². The molecule has 0 N–H and O–H groups in total. The van der Waals surface area contributed by atoms with Crippen LogP contribution in [0, 0.1) is 19.8 Å². The number of carbonyl (C=O) groups excluding carboxylic acids is 1. The summed E-state index contributed by atoms with van der Waals surface area (Å²) in [7, 11) is 0. The summed E-state index contributed by atoms with van der Waals surface area (Å²) in [6, 6.07) is 10.2. The number of hydrogen-bond acceptors (Lipinski definition) is 6. The highest BCUT2D eigenvalue weighted by molar-refractivity contribution is 5.92. The van der Waals surface area contributed by atoms with Crippen molar-refractivity contribution in [1.82, 2.24) is 24.9 Å². The zero-order chi connectivity index (χ0) is 24.8. The summed E-state index contributed by atoms with van der Waals surface area (Å²) in [5.74, 6) is 1.43. The molecule has 0 radical (unpaired) electrons. The Balaban J connectivity index is 1.40. The molecule has 0 unspecified atom stereocenters. The third-order valence-electron chi connectivity index (χ3n) is 7.41. The number of fused-ring (bicyclic) bond motifs is 1. The van der Waals surface area contributed by atoms with Gasteiger partial charge >= 0.3 is 0 Å². The van der Waals surface area contributed by atoms with Crippen molar-refractivity contribution in [3.63, 3.8) is 0 Å². The third-order valence-corrected chi connectivity index (χ3v) is 7.41. The molecule has 1 aromatic carbocycles. The Morgan fingerprint density at radius 1 is 1.03 bits per heavy atom. The van der Waals surface area contributed by atoms with Crippen LogP contribution in [0.5, 0.6) is 0 Å². The van der Waals surface area contributed by atoms with Crippen molar-refractivity contribution >= 4 is 22.5 Å². The summed E-state index contributed by atoms with van der Waals surface area (Å²) < 4.78 is 1.99. The van der Waals surface area contributed by atoms with Crippen LogP contribution >= 0.6 is 0 Å². The van der Waals surface area contributed by atoms with Gasteiger partial charge in [-0.15, -0.1) is 5.10 Å². The molecule has 3 heterocycles. The van der Waals surface area contributed by atoms with Gasteiger partial charge in [0.1, 0.15) is 11.3 Å². The molecule has 0 aliphatic carbocycles. The van der Waals surface area contributed by atoms with Gasteiger partial charge in [-0.3, -0.25) is 4.79 Å². The molecule has 1 saturated heterocycles. The molecule has 0 bridgehead atoms. The molecule has 2 aromatic heterocycles. The number of ketones is 1. The van der Waals surface area contributed by atoms with Crippen molar-refractivity contribution in [1.29, 1.82) is 0 Å². The summed E-state index contributed by atoms with van der Waals surface area (Å²) in [6.45, 7) is 13.4. The van der Waals surface area contributed by atoms with E-state index in [2.05, 4.69) is 52.9 Å². The lowest BCUT2D eigenvalue weighted by Gasteiger charge is -2.32. The maximum Gasteiger partial charge on any atom is 0.179 e. The lowest BCUT2D eigenvalue weighted by atomic mass is 9.90. The normalized spacial score (nSPS) is 14.8. The van der Waals surface area contributed by atoms with Gasteiger partial charge < -0.3 is 9.80 Å². The van der Waals surface area contributed by atoms with Gasteiger partial charge in [0.05, 0.1) is 22.5 Å². The minimum atomic E-state index is 0.162. The van der Waals surface area contributed by atoms with Gasteiger partial charge in [0.25, 0.3) is 0 Å². The molecular weight excluding hydrogens is 436 g/mol. The molecule has 7 heteroatoms. The van der Waals surface area contributed by atoms with Crippen LogP contribution < -0.4 is 4.90 Å². The highest BCUT2D eigenvalue weighted by Gasteiger charge is 2.28. The Hall–Kier alpha value is -2.80. The maximum absolute atomic E-state index is 12.9. The molecule has 1 aliphatic rings. The monoisotopic (exact) mass is 476 g/mol. The largest absolute Gasteiger partial charge is 0.353 e. The molecule has 7 nitrogen and oxygen atoms in total. The summed E-state index contributed by atoms with van der Waals surface area (Å²) in [5, 5.41) is 15.1. The minimum absolute atomic E-state index is 0.162. The summed E-state index contributed by atoms with van der Waals surface area (Å²) in [6.07, 6.45) is 5.87. The number of nitrogens with zero attached hydrogens (tertiary/aromatic N) is 6. The SMILES string of the molecule is CCCCN(CC)CCCC(=O)C1CCN(c2nnc(C)c3c(C)n(-c4ccccc4)nc23)CC1. The lowest BCUT2D eigenvalue weighted by Crippen LogP contribution is -2.37. The van der Waals surface area contributed by atoms with E-state index in [0.717, 1.165) is 85.8 Å². The number of hydrogen-bond donors (Lipinski definition) is 0. The first kappa shape index (κ1) is 25.3. The molecule has 0 saturated carbocycles. The number of unbranched alkanes of at least 4 members (excludes halogenated alkanes) is 1. The average molecular weight is 477 g/mol. The van der Waals surface area contributed by atoms with Crippen molar-refractivity contribution < 1.29 is 4.79 Å². The van der Waals surface area contributed by atoms with E-state index in [1.54, 1.807) is 0 Å². The van der Waals surface area contributed by atoms with Crippen molar-refractivity contribution in [2.75, 3.05) is 37.6 Å². The molecule has 4 rings (SSSR count). The van der Waals surface area contributed by atoms with Gasteiger partial charge in [-0.2, -0.15) is 10.2 Å². The Morgan fingerprint density at radius 3 is 2.43 bits per heavy atom. The van der Waals surface area contributed by atoms with Crippen LogP contribution in [0.25, 0.3) is 16.6 Å². The molecule has 0 atom stereocenters. The minimum Gasteiger partial charge on any atom is -0.353 e. The first-order valence-electron chi connectivity index (χ1n) is 13.3. The van der Waals surface area contributed by atoms with Crippen LogP contribution in [0.4, 0.5) is 5.82 Å². The summed E-state index contributed by atoms with van der Waals surface area (Å²) >= 11 is 0. The molecule has 3 aromatic rings. The van der Waals surface area contributed by atoms with E-state index in [0.29, 0.717) is 12.2 Å². The highest BCUT2D eigenvalue weighted by Crippen LogP contribution is 2.31. The van der Waals surface area contributed by atoms with Crippen LogP contribution in [0.15, 0.2) is 30.3 Å². The van der Waals surface area contributed by atoms with E-state index in [1.165, 1.54) is 12.8 Å². The maximum atomic E-state index is 12.9. The fraction of sp³-hybridized carbons (Fsp3) is 0.571. The zero-order valence-electron chi connectivity index (χ0n) is 21.8. The molecule has 0 spiro atoms. The molecule has 188 valence electrons. The Labute approximate surface area is 209 Å². The van der Waals surface area contributed by atoms with Crippen molar-refractivity contribution in [2.45, 2.75) is 66.2 Å². The zero-order valence-corrected chi connectivity index (χ0v) is 21.8. The molecule has 1 aliphatic heterocycles. The van der Waals surface area contributed by atoms with Crippen LogP contribution in [0.1, 0.15) is 63.8 Å². The second-order valence-electron chi connectivity index (χ2n) is 9.78. The lowest BCUT2D eigenvalue weighted by molar-refractivity contribution is -0.123. The van der Waals surface area contributed by atoms with Crippen LogP contribution in [0.2, 0.25) is 0 Å². The standard InChI is InChI=1S/C28H40N6O/c1-5-7-17-32(6-2)18-11-14-25(35)23-15-19-33(20-16-23)28-27-26(21(3)29-30-28)22(4)34(31-27)24-12-9-8-10-13-24/h8-10,12-13,23H,5-7,11,14-20H2,1-4H3. The van der Waals surface area contributed by atoms with E-state index in [1.807, 2.05) is 29.8 Å². The predicted octanol–water partition coefficient (Wildman–Crippen LogP) is 5.12. The van der Waals surface area contributed by atoms with Gasteiger partial charge in [-0.1, -0.05) is 38.5 Å². The number of piperidine rings is 1. The number of anilines is 1. The number of aromatic nitrogens is 4. The predicted molar refractivity (Wildman–Crippen MR) is 142 cm³/mol. The fourth-order valence-corrected chi connectivity index (χ4v) is 5.25.